The second-order valence-corrected chi connectivity index (χ2v) is 6.51. The van der Waals surface area contributed by atoms with Crippen LogP contribution < -0.4 is 5.32 Å². The number of nitrogens with zero attached hydrogens (tertiary/aromatic N) is 1. The fourth-order valence-corrected chi connectivity index (χ4v) is 2.61. The molecule has 1 aliphatic rings. The molecule has 0 aromatic carbocycles. The maximum atomic E-state index is 12.3. The van der Waals surface area contributed by atoms with Gasteiger partial charge in [0.15, 0.2) is 0 Å². The first kappa shape index (κ1) is 16.8. The number of rotatable bonds is 5. The number of carboxylic acid groups (broad SMARTS) is 1. The quantitative estimate of drug-likeness (QED) is 0.815. The van der Waals surface area contributed by atoms with Crippen LogP contribution in [0.3, 0.4) is 0 Å². The second kappa shape index (κ2) is 6.95. The normalized spacial score (nSPS) is 24.6. The number of hydrogen-bond donors (Lipinski definition) is 2. The van der Waals surface area contributed by atoms with Crippen molar-refractivity contribution in [3.8, 4) is 0 Å². The molecule has 0 aliphatic carbocycles. The SMILES string of the molecule is CC(C)CCC(C)NC(=O)N1CCCCC1(C)C(=O)O. The Labute approximate surface area is 121 Å². The van der Waals surface area contributed by atoms with E-state index in [-0.39, 0.29) is 12.1 Å². The van der Waals surface area contributed by atoms with Crippen molar-refractivity contribution in [1.82, 2.24) is 10.2 Å². The molecule has 0 spiro atoms. The van der Waals surface area contributed by atoms with Crippen LogP contribution in [0.5, 0.6) is 0 Å². The topological polar surface area (TPSA) is 69.6 Å². The average molecular weight is 284 g/mol. The summed E-state index contributed by atoms with van der Waals surface area (Å²) in [7, 11) is 0. The van der Waals surface area contributed by atoms with Gasteiger partial charge in [-0.3, -0.25) is 0 Å². The van der Waals surface area contributed by atoms with E-state index in [0.717, 1.165) is 25.7 Å². The molecule has 2 unspecified atom stereocenters. The molecule has 0 aromatic heterocycles. The van der Waals surface area contributed by atoms with Gasteiger partial charge in [0, 0.05) is 12.6 Å². The van der Waals surface area contributed by atoms with Crippen LogP contribution >= 0.6 is 0 Å². The predicted molar refractivity (Wildman–Crippen MR) is 78.7 cm³/mol. The minimum absolute atomic E-state index is 0.0740. The number of urea groups is 1. The zero-order valence-electron chi connectivity index (χ0n) is 13.1. The number of likely N-dealkylation sites (tertiary alicyclic amines) is 1. The molecule has 2 N–H and O–H groups in total. The van der Waals surface area contributed by atoms with Gasteiger partial charge in [-0.15, -0.1) is 0 Å². The van der Waals surface area contributed by atoms with Gasteiger partial charge in [0.25, 0.3) is 0 Å². The van der Waals surface area contributed by atoms with Crippen LogP contribution in [0.1, 0.15) is 59.8 Å². The van der Waals surface area contributed by atoms with E-state index in [9.17, 15) is 14.7 Å². The number of carbonyl (C=O) groups is 2. The highest BCUT2D eigenvalue weighted by Gasteiger charge is 2.44. The number of nitrogens with one attached hydrogen (secondary N) is 1. The Morgan fingerprint density at radius 1 is 1.25 bits per heavy atom. The molecule has 5 heteroatoms. The van der Waals surface area contributed by atoms with Gasteiger partial charge in [-0.1, -0.05) is 13.8 Å². The Hall–Kier alpha value is -1.26. The lowest BCUT2D eigenvalue weighted by atomic mass is 9.89. The van der Waals surface area contributed by atoms with E-state index in [4.69, 9.17) is 0 Å². The standard InChI is InChI=1S/C15H28N2O3/c1-11(2)7-8-12(3)16-14(20)17-10-6-5-9-15(17,4)13(18)19/h11-12H,5-10H2,1-4H3,(H,16,20)(H,18,19). The molecule has 0 aromatic rings. The van der Waals surface area contributed by atoms with Crippen molar-refractivity contribution < 1.29 is 14.7 Å². The Kier molecular flexibility index (Phi) is 5.84. The molecule has 20 heavy (non-hydrogen) atoms. The zero-order chi connectivity index (χ0) is 15.3. The van der Waals surface area contributed by atoms with Crippen LogP contribution in [0.25, 0.3) is 0 Å². The van der Waals surface area contributed by atoms with Gasteiger partial charge < -0.3 is 15.3 Å². The predicted octanol–water partition coefficient (Wildman–Crippen LogP) is 2.85. The number of carboxylic acids is 1. The van der Waals surface area contributed by atoms with Crippen molar-refractivity contribution in [2.45, 2.75) is 71.4 Å². The first-order valence-electron chi connectivity index (χ1n) is 7.59. The first-order valence-corrected chi connectivity index (χ1v) is 7.59. The highest BCUT2D eigenvalue weighted by Crippen LogP contribution is 2.28. The summed E-state index contributed by atoms with van der Waals surface area (Å²) in [5, 5.41) is 12.3. The minimum atomic E-state index is -1.07. The van der Waals surface area contributed by atoms with E-state index in [1.165, 1.54) is 4.90 Å². The van der Waals surface area contributed by atoms with Crippen LogP contribution in [0.4, 0.5) is 4.79 Å². The number of hydrogen-bond acceptors (Lipinski definition) is 2. The summed E-state index contributed by atoms with van der Waals surface area (Å²) in [6.07, 6.45) is 4.22. The molecular formula is C15H28N2O3. The van der Waals surface area contributed by atoms with Crippen molar-refractivity contribution in [1.29, 1.82) is 0 Å². The van der Waals surface area contributed by atoms with E-state index in [1.807, 2.05) is 6.92 Å². The minimum Gasteiger partial charge on any atom is -0.480 e. The van der Waals surface area contributed by atoms with Crippen LogP contribution in [-0.2, 0) is 4.79 Å². The fraction of sp³-hybridized carbons (Fsp3) is 0.867. The Balaban J connectivity index is 2.62. The first-order chi connectivity index (χ1) is 9.27. The summed E-state index contributed by atoms with van der Waals surface area (Å²) in [6.45, 7) is 8.45. The lowest BCUT2D eigenvalue weighted by Crippen LogP contribution is -2.60. The van der Waals surface area contributed by atoms with E-state index in [1.54, 1.807) is 6.92 Å². The van der Waals surface area contributed by atoms with E-state index < -0.39 is 11.5 Å². The number of carbonyl (C=O) groups excluding carboxylic acids is 1. The van der Waals surface area contributed by atoms with Crippen LogP contribution in [0.2, 0.25) is 0 Å². The van der Waals surface area contributed by atoms with Crippen molar-refractivity contribution in [2.24, 2.45) is 5.92 Å². The monoisotopic (exact) mass is 284 g/mol. The lowest BCUT2D eigenvalue weighted by molar-refractivity contribution is -0.150. The number of amides is 2. The molecule has 1 saturated heterocycles. The molecule has 2 atom stereocenters. The van der Waals surface area contributed by atoms with Gasteiger partial charge in [0.1, 0.15) is 5.54 Å². The van der Waals surface area contributed by atoms with Gasteiger partial charge in [0.05, 0.1) is 0 Å². The third-order valence-electron chi connectivity index (χ3n) is 4.14. The van der Waals surface area contributed by atoms with Crippen molar-refractivity contribution in [3.63, 3.8) is 0 Å². The second-order valence-electron chi connectivity index (χ2n) is 6.51. The van der Waals surface area contributed by atoms with Gasteiger partial charge in [-0.2, -0.15) is 0 Å². The lowest BCUT2D eigenvalue weighted by Gasteiger charge is -2.41. The van der Waals surface area contributed by atoms with E-state index in [2.05, 4.69) is 19.2 Å². The molecule has 5 nitrogen and oxygen atoms in total. The summed E-state index contributed by atoms with van der Waals surface area (Å²) >= 11 is 0. The average Bonchev–Trinajstić information content (AvgIpc) is 2.36. The van der Waals surface area contributed by atoms with Gasteiger partial charge in [0.2, 0.25) is 0 Å². The van der Waals surface area contributed by atoms with Gasteiger partial charge >= 0.3 is 12.0 Å². The summed E-state index contributed by atoms with van der Waals surface area (Å²) in [5.41, 5.74) is -1.07. The highest BCUT2D eigenvalue weighted by atomic mass is 16.4. The summed E-state index contributed by atoms with van der Waals surface area (Å²) in [5.74, 6) is -0.309. The maximum absolute atomic E-state index is 12.3. The van der Waals surface area contributed by atoms with Crippen molar-refractivity contribution in [2.75, 3.05) is 6.54 Å². The molecule has 0 radical (unpaired) electrons. The molecule has 1 heterocycles. The Morgan fingerprint density at radius 2 is 1.90 bits per heavy atom. The molecular weight excluding hydrogens is 256 g/mol. The summed E-state index contributed by atoms with van der Waals surface area (Å²) in [6, 6.07) is -0.171. The van der Waals surface area contributed by atoms with Gasteiger partial charge in [-0.05, 0) is 51.9 Å². The van der Waals surface area contributed by atoms with Crippen molar-refractivity contribution >= 4 is 12.0 Å². The Morgan fingerprint density at radius 3 is 2.45 bits per heavy atom. The molecule has 1 rings (SSSR count). The van der Waals surface area contributed by atoms with Gasteiger partial charge in [-0.25, -0.2) is 9.59 Å². The number of piperidine rings is 1. The van der Waals surface area contributed by atoms with E-state index >= 15 is 0 Å². The molecule has 0 bridgehead atoms. The van der Waals surface area contributed by atoms with Crippen LogP contribution in [0, 0.1) is 5.92 Å². The molecule has 1 fully saturated rings. The zero-order valence-corrected chi connectivity index (χ0v) is 13.1. The third kappa shape index (κ3) is 4.12. The summed E-state index contributed by atoms with van der Waals surface area (Å²) in [4.78, 5) is 25.3. The van der Waals surface area contributed by atoms with Crippen LogP contribution in [-0.4, -0.2) is 40.1 Å². The van der Waals surface area contributed by atoms with E-state index in [0.29, 0.717) is 18.9 Å². The molecule has 2 amide bonds. The number of aliphatic carboxylic acids is 1. The smallest absolute Gasteiger partial charge is 0.329 e. The summed E-state index contributed by atoms with van der Waals surface area (Å²) < 4.78 is 0. The fourth-order valence-electron chi connectivity index (χ4n) is 2.61. The van der Waals surface area contributed by atoms with Crippen molar-refractivity contribution in [3.05, 3.63) is 0 Å². The molecule has 0 saturated carbocycles. The third-order valence-corrected chi connectivity index (χ3v) is 4.14. The van der Waals surface area contributed by atoms with Crippen LogP contribution in [0.15, 0.2) is 0 Å². The molecule has 116 valence electrons. The highest BCUT2D eigenvalue weighted by molar-refractivity contribution is 5.86. The maximum Gasteiger partial charge on any atom is 0.329 e. The Bertz CT molecular complexity index is 357. The largest absolute Gasteiger partial charge is 0.480 e. The molecule has 1 aliphatic heterocycles.